The number of halogens is 2. The molecule has 0 amide bonds. The van der Waals surface area contributed by atoms with Crippen LogP contribution in [0.2, 0.25) is 5.02 Å². The molecular weight excluding hydrogens is 331 g/mol. The molecule has 0 radical (unpaired) electrons. The number of nitrogens with zero attached hydrogens (tertiary/aromatic N) is 1. The molecular formula is C18H16ClFN2S. The molecule has 5 heteroatoms. The Morgan fingerprint density at radius 2 is 1.87 bits per heavy atom. The molecule has 1 aromatic heterocycles. The predicted molar refractivity (Wildman–Crippen MR) is 94.4 cm³/mol. The van der Waals surface area contributed by atoms with Gasteiger partial charge in [0.25, 0.3) is 0 Å². The Morgan fingerprint density at radius 1 is 1.09 bits per heavy atom. The Kier molecular flexibility index (Phi) is 5.39. The van der Waals surface area contributed by atoms with Gasteiger partial charge in [-0.15, -0.1) is 11.3 Å². The quantitative estimate of drug-likeness (QED) is 0.640. The average molecular weight is 347 g/mol. The van der Waals surface area contributed by atoms with E-state index in [1.807, 2.05) is 42.6 Å². The van der Waals surface area contributed by atoms with Gasteiger partial charge in [-0.05, 0) is 42.3 Å². The maximum Gasteiger partial charge on any atom is 0.126 e. The number of nitrogens with one attached hydrogen (secondary N) is 1. The molecule has 0 aliphatic carbocycles. The third-order valence-corrected chi connectivity index (χ3v) is 4.79. The molecule has 1 heterocycles. The molecule has 1 N–H and O–H groups in total. The van der Waals surface area contributed by atoms with E-state index in [2.05, 4.69) is 10.3 Å². The van der Waals surface area contributed by atoms with Crippen molar-refractivity contribution >= 4 is 22.9 Å². The minimum atomic E-state index is -0.145. The monoisotopic (exact) mass is 346 g/mol. The van der Waals surface area contributed by atoms with Crippen LogP contribution in [0, 0.1) is 5.82 Å². The molecule has 3 aromatic rings. The van der Waals surface area contributed by atoms with E-state index >= 15 is 0 Å². The van der Waals surface area contributed by atoms with Crippen LogP contribution in [-0.4, -0.2) is 11.5 Å². The second kappa shape index (κ2) is 7.68. The highest BCUT2D eigenvalue weighted by atomic mass is 35.5. The minimum absolute atomic E-state index is 0.145. The number of thiazole rings is 1. The summed E-state index contributed by atoms with van der Waals surface area (Å²) >= 11 is 7.55. The van der Waals surface area contributed by atoms with Gasteiger partial charge < -0.3 is 5.32 Å². The van der Waals surface area contributed by atoms with Crippen LogP contribution in [0.3, 0.4) is 0 Å². The van der Waals surface area contributed by atoms with E-state index in [1.165, 1.54) is 6.07 Å². The Hall–Kier alpha value is -1.75. The Morgan fingerprint density at radius 3 is 2.65 bits per heavy atom. The number of hydrogen-bond donors (Lipinski definition) is 1. The SMILES string of the molecule is Fc1ccccc1CCNCc1ncc(-c2ccc(Cl)cc2)s1. The van der Waals surface area contributed by atoms with Crippen LogP contribution in [0.4, 0.5) is 4.39 Å². The van der Waals surface area contributed by atoms with E-state index in [0.29, 0.717) is 13.0 Å². The number of rotatable bonds is 6. The van der Waals surface area contributed by atoms with Gasteiger partial charge in [0.05, 0.1) is 4.88 Å². The fourth-order valence-corrected chi connectivity index (χ4v) is 3.28. The second-order valence-electron chi connectivity index (χ2n) is 5.14. The molecule has 0 spiro atoms. The first-order valence-corrected chi connectivity index (χ1v) is 8.56. The molecule has 3 rings (SSSR count). The van der Waals surface area contributed by atoms with Gasteiger partial charge in [0, 0.05) is 17.8 Å². The first-order valence-electron chi connectivity index (χ1n) is 7.37. The van der Waals surface area contributed by atoms with Gasteiger partial charge in [0.2, 0.25) is 0 Å². The van der Waals surface area contributed by atoms with Crippen molar-refractivity contribution in [2.75, 3.05) is 6.54 Å². The molecule has 2 aromatic carbocycles. The van der Waals surface area contributed by atoms with E-state index in [-0.39, 0.29) is 5.82 Å². The predicted octanol–water partition coefficient (Wildman–Crippen LogP) is 4.93. The first-order chi connectivity index (χ1) is 11.2. The summed E-state index contributed by atoms with van der Waals surface area (Å²) in [6.45, 7) is 1.41. The third-order valence-electron chi connectivity index (χ3n) is 3.49. The largest absolute Gasteiger partial charge is 0.310 e. The topological polar surface area (TPSA) is 24.9 Å². The van der Waals surface area contributed by atoms with Gasteiger partial charge in [0.1, 0.15) is 10.8 Å². The zero-order chi connectivity index (χ0) is 16.1. The van der Waals surface area contributed by atoms with E-state index in [0.717, 1.165) is 32.6 Å². The van der Waals surface area contributed by atoms with E-state index in [1.54, 1.807) is 17.4 Å². The Balaban J connectivity index is 1.52. The maximum absolute atomic E-state index is 13.5. The molecule has 23 heavy (non-hydrogen) atoms. The van der Waals surface area contributed by atoms with Crippen molar-refractivity contribution in [2.24, 2.45) is 0 Å². The summed E-state index contributed by atoms with van der Waals surface area (Å²) in [5, 5.41) is 5.06. The van der Waals surface area contributed by atoms with Crippen LogP contribution in [0.5, 0.6) is 0 Å². The van der Waals surface area contributed by atoms with Crippen molar-refractivity contribution in [3.05, 3.63) is 76.1 Å². The molecule has 0 unspecified atom stereocenters. The number of benzene rings is 2. The molecule has 0 atom stereocenters. The smallest absolute Gasteiger partial charge is 0.126 e. The first kappa shape index (κ1) is 16.1. The number of aromatic nitrogens is 1. The summed E-state index contributed by atoms with van der Waals surface area (Å²) in [7, 11) is 0. The van der Waals surface area contributed by atoms with Gasteiger partial charge in [-0.1, -0.05) is 41.9 Å². The lowest BCUT2D eigenvalue weighted by Gasteiger charge is -2.04. The molecule has 2 nitrogen and oxygen atoms in total. The molecule has 118 valence electrons. The highest BCUT2D eigenvalue weighted by Crippen LogP contribution is 2.27. The third kappa shape index (κ3) is 4.38. The molecule has 0 fully saturated rings. The lowest BCUT2D eigenvalue weighted by Crippen LogP contribution is -2.16. The lowest BCUT2D eigenvalue weighted by molar-refractivity contribution is 0.597. The van der Waals surface area contributed by atoms with Gasteiger partial charge in [-0.2, -0.15) is 0 Å². The molecule has 0 aliphatic rings. The standard InChI is InChI=1S/C18H16ClFN2S/c19-15-7-5-14(6-8-15)17-11-22-18(23-17)12-21-10-9-13-3-1-2-4-16(13)20/h1-8,11,21H,9-10,12H2. The van der Waals surface area contributed by atoms with Crippen LogP contribution in [0.1, 0.15) is 10.6 Å². The Bertz CT molecular complexity index is 771. The van der Waals surface area contributed by atoms with E-state index in [9.17, 15) is 4.39 Å². The molecule has 0 bridgehead atoms. The highest BCUT2D eigenvalue weighted by Gasteiger charge is 2.05. The van der Waals surface area contributed by atoms with Crippen LogP contribution in [-0.2, 0) is 13.0 Å². The van der Waals surface area contributed by atoms with Crippen LogP contribution in [0.15, 0.2) is 54.7 Å². The fourth-order valence-electron chi connectivity index (χ4n) is 2.26. The lowest BCUT2D eigenvalue weighted by atomic mass is 10.1. The zero-order valence-corrected chi connectivity index (χ0v) is 14.0. The van der Waals surface area contributed by atoms with Gasteiger partial charge >= 0.3 is 0 Å². The van der Waals surface area contributed by atoms with Crippen molar-refractivity contribution in [1.29, 1.82) is 0 Å². The van der Waals surface area contributed by atoms with Crippen LogP contribution >= 0.6 is 22.9 Å². The van der Waals surface area contributed by atoms with Crippen LogP contribution < -0.4 is 5.32 Å². The summed E-state index contributed by atoms with van der Waals surface area (Å²) in [5.41, 5.74) is 1.85. The van der Waals surface area contributed by atoms with Crippen molar-refractivity contribution in [3.63, 3.8) is 0 Å². The molecule has 0 aliphatic heterocycles. The Labute approximate surface area is 144 Å². The molecule has 0 saturated heterocycles. The summed E-state index contributed by atoms with van der Waals surface area (Å²) in [6.07, 6.45) is 2.55. The minimum Gasteiger partial charge on any atom is -0.310 e. The second-order valence-corrected chi connectivity index (χ2v) is 6.69. The zero-order valence-electron chi connectivity index (χ0n) is 12.4. The van der Waals surface area contributed by atoms with Crippen molar-refractivity contribution < 1.29 is 4.39 Å². The summed E-state index contributed by atoms with van der Waals surface area (Å²) < 4.78 is 13.5. The van der Waals surface area contributed by atoms with Crippen molar-refractivity contribution in [1.82, 2.24) is 10.3 Å². The maximum atomic E-state index is 13.5. The molecule has 0 saturated carbocycles. The normalized spacial score (nSPS) is 10.9. The van der Waals surface area contributed by atoms with E-state index < -0.39 is 0 Å². The van der Waals surface area contributed by atoms with Gasteiger partial charge in [-0.25, -0.2) is 9.37 Å². The average Bonchev–Trinajstić information content (AvgIpc) is 3.03. The summed E-state index contributed by atoms with van der Waals surface area (Å²) in [4.78, 5) is 5.54. The number of hydrogen-bond acceptors (Lipinski definition) is 3. The summed E-state index contributed by atoms with van der Waals surface area (Å²) in [5.74, 6) is -0.145. The van der Waals surface area contributed by atoms with Crippen molar-refractivity contribution in [2.45, 2.75) is 13.0 Å². The summed E-state index contributed by atoms with van der Waals surface area (Å²) in [6, 6.07) is 14.6. The van der Waals surface area contributed by atoms with Crippen molar-refractivity contribution in [3.8, 4) is 10.4 Å². The van der Waals surface area contributed by atoms with Gasteiger partial charge in [-0.3, -0.25) is 0 Å². The fraction of sp³-hybridized carbons (Fsp3) is 0.167. The highest BCUT2D eigenvalue weighted by molar-refractivity contribution is 7.15. The van der Waals surface area contributed by atoms with Gasteiger partial charge in [0.15, 0.2) is 0 Å². The van der Waals surface area contributed by atoms with Crippen LogP contribution in [0.25, 0.3) is 10.4 Å². The van der Waals surface area contributed by atoms with E-state index in [4.69, 9.17) is 11.6 Å².